The van der Waals surface area contributed by atoms with E-state index in [1.54, 1.807) is 18.3 Å². The number of nitrogens with zero attached hydrogens (tertiary/aromatic N) is 2. The predicted molar refractivity (Wildman–Crippen MR) is 85.3 cm³/mol. The lowest BCUT2D eigenvalue weighted by molar-refractivity contribution is 0.102. The second kappa shape index (κ2) is 6.74. The number of carbonyl (C=O) groups is 1. The van der Waals surface area contributed by atoms with Crippen LogP contribution in [0.4, 0.5) is 11.5 Å². The largest absolute Gasteiger partial charge is 0.369 e. The van der Waals surface area contributed by atoms with Gasteiger partial charge in [0.05, 0.1) is 23.1 Å². The summed E-state index contributed by atoms with van der Waals surface area (Å²) in [6, 6.07) is 3.30. The van der Waals surface area contributed by atoms with Crippen molar-refractivity contribution in [3.63, 3.8) is 0 Å². The van der Waals surface area contributed by atoms with Crippen LogP contribution in [0.15, 0.2) is 24.5 Å². The molecular weight excluding hydrogens is 311 g/mol. The molecule has 0 unspecified atom stereocenters. The first-order valence-corrected chi connectivity index (χ1v) is 7.09. The lowest BCUT2D eigenvalue weighted by atomic mass is 10.2. The average Bonchev–Trinajstić information content (AvgIpc) is 2.45. The summed E-state index contributed by atoms with van der Waals surface area (Å²) in [7, 11) is 0. The third kappa shape index (κ3) is 3.83. The van der Waals surface area contributed by atoms with Gasteiger partial charge >= 0.3 is 0 Å². The van der Waals surface area contributed by atoms with E-state index < -0.39 is 5.91 Å². The van der Waals surface area contributed by atoms with E-state index in [4.69, 9.17) is 23.2 Å². The molecule has 1 aromatic carbocycles. The maximum atomic E-state index is 12.2. The molecule has 5 nitrogen and oxygen atoms in total. The molecule has 0 aliphatic rings. The molecule has 2 aromatic rings. The van der Waals surface area contributed by atoms with Gasteiger partial charge in [0, 0.05) is 11.6 Å². The van der Waals surface area contributed by atoms with E-state index in [1.165, 1.54) is 6.20 Å². The quantitative estimate of drug-likeness (QED) is 0.898. The number of rotatable bonds is 4. The maximum absolute atomic E-state index is 12.2. The molecule has 2 N–H and O–H groups in total. The molecule has 0 fully saturated rings. The molecule has 1 heterocycles. The molecule has 110 valence electrons. The highest BCUT2D eigenvalue weighted by Gasteiger charge is 2.12. The standard InChI is InChI=1S/C14H14Cl2N4O/c1-3-18-13-7-17-6-12(19-13)14(21)20-11-5-9(15)8(2)4-10(11)16/h4-7H,3H2,1-2H3,(H,18,19)(H,20,21). The van der Waals surface area contributed by atoms with Gasteiger partial charge in [-0.25, -0.2) is 4.98 Å². The number of nitrogens with one attached hydrogen (secondary N) is 2. The monoisotopic (exact) mass is 324 g/mol. The van der Waals surface area contributed by atoms with E-state index in [1.807, 2.05) is 13.8 Å². The smallest absolute Gasteiger partial charge is 0.275 e. The number of anilines is 2. The fraction of sp³-hybridized carbons (Fsp3) is 0.214. The second-order valence-electron chi connectivity index (χ2n) is 4.36. The van der Waals surface area contributed by atoms with Gasteiger partial charge in [-0.2, -0.15) is 0 Å². The van der Waals surface area contributed by atoms with E-state index >= 15 is 0 Å². The molecule has 0 spiro atoms. The van der Waals surface area contributed by atoms with Crippen molar-refractivity contribution in [2.75, 3.05) is 17.2 Å². The Morgan fingerprint density at radius 2 is 2.00 bits per heavy atom. The molecule has 0 aliphatic carbocycles. The van der Waals surface area contributed by atoms with Gasteiger partial charge < -0.3 is 10.6 Å². The highest BCUT2D eigenvalue weighted by atomic mass is 35.5. The van der Waals surface area contributed by atoms with Crippen LogP contribution in [-0.2, 0) is 0 Å². The fourth-order valence-corrected chi connectivity index (χ4v) is 2.10. The third-order valence-corrected chi connectivity index (χ3v) is 3.44. The summed E-state index contributed by atoms with van der Waals surface area (Å²) in [5.74, 6) is 0.141. The number of hydrogen-bond donors (Lipinski definition) is 2. The molecule has 0 atom stereocenters. The minimum absolute atomic E-state index is 0.196. The Bertz CT molecular complexity index is 676. The van der Waals surface area contributed by atoms with Gasteiger partial charge in [0.1, 0.15) is 11.5 Å². The van der Waals surface area contributed by atoms with Crippen molar-refractivity contribution in [2.24, 2.45) is 0 Å². The molecule has 1 amide bonds. The molecule has 2 rings (SSSR count). The first kappa shape index (κ1) is 15.5. The van der Waals surface area contributed by atoms with E-state index in [9.17, 15) is 4.79 Å². The lowest BCUT2D eigenvalue weighted by Gasteiger charge is -2.09. The van der Waals surface area contributed by atoms with E-state index in [-0.39, 0.29) is 5.69 Å². The number of aromatic nitrogens is 2. The summed E-state index contributed by atoms with van der Waals surface area (Å²) < 4.78 is 0. The number of halogens is 2. The fourth-order valence-electron chi connectivity index (χ4n) is 1.67. The minimum Gasteiger partial charge on any atom is -0.369 e. The van der Waals surface area contributed by atoms with Gasteiger partial charge in [0.15, 0.2) is 0 Å². The molecular formula is C14H14Cl2N4O. The Labute approximate surface area is 132 Å². The van der Waals surface area contributed by atoms with Crippen LogP contribution in [0.1, 0.15) is 23.0 Å². The van der Waals surface area contributed by atoms with Crippen LogP contribution in [-0.4, -0.2) is 22.4 Å². The van der Waals surface area contributed by atoms with Gasteiger partial charge in [-0.1, -0.05) is 23.2 Å². The number of benzene rings is 1. The number of hydrogen-bond acceptors (Lipinski definition) is 4. The Balaban J connectivity index is 2.22. The maximum Gasteiger partial charge on any atom is 0.275 e. The molecule has 0 saturated heterocycles. The molecule has 7 heteroatoms. The summed E-state index contributed by atoms with van der Waals surface area (Å²) in [5, 5.41) is 6.62. The molecule has 0 aliphatic heterocycles. The summed E-state index contributed by atoms with van der Waals surface area (Å²) in [6.07, 6.45) is 2.94. The molecule has 0 radical (unpaired) electrons. The van der Waals surface area contributed by atoms with Gasteiger partial charge in [-0.05, 0) is 31.5 Å². The topological polar surface area (TPSA) is 66.9 Å². The zero-order valence-corrected chi connectivity index (χ0v) is 13.1. The Hall–Kier alpha value is -1.85. The summed E-state index contributed by atoms with van der Waals surface area (Å²) in [6.45, 7) is 4.47. The zero-order valence-electron chi connectivity index (χ0n) is 11.6. The Kier molecular flexibility index (Phi) is 4.98. The minimum atomic E-state index is -0.399. The van der Waals surface area contributed by atoms with Gasteiger partial charge in [-0.15, -0.1) is 0 Å². The van der Waals surface area contributed by atoms with Crippen molar-refractivity contribution in [1.82, 2.24) is 9.97 Å². The van der Waals surface area contributed by atoms with Crippen molar-refractivity contribution < 1.29 is 4.79 Å². The Morgan fingerprint density at radius 3 is 2.71 bits per heavy atom. The lowest BCUT2D eigenvalue weighted by Crippen LogP contribution is -2.15. The van der Waals surface area contributed by atoms with Crippen molar-refractivity contribution in [2.45, 2.75) is 13.8 Å². The van der Waals surface area contributed by atoms with Crippen LogP contribution in [0.2, 0.25) is 10.0 Å². The van der Waals surface area contributed by atoms with Crippen molar-refractivity contribution in [3.05, 3.63) is 45.8 Å². The normalized spacial score (nSPS) is 10.3. The number of aryl methyl sites for hydroxylation is 1. The van der Waals surface area contributed by atoms with Gasteiger partial charge in [0.2, 0.25) is 0 Å². The van der Waals surface area contributed by atoms with Crippen LogP contribution in [0.5, 0.6) is 0 Å². The van der Waals surface area contributed by atoms with Crippen LogP contribution >= 0.6 is 23.2 Å². The van der Waals surface area contributed by atoms with Gasteiger partial charge in [0.25, 0.3) is 5.91 Å². The highest BCUT2D eigenvalue weighted by Crippen LogP contribution is 2.29. The van der Waals surface area contributed by atoms with Gasteiger partial charge in [-0.3, -0.25) is 9.78 Å². The van der Waals surface area contributed by atoms with E-state index in [2.05, 4.69) is 20.6 Å². The Morgan fingerprint density at radius 1 is 1.24 bits per heavy atom. The van der Waals surface area contributed by atoms with Crippen LogP contribution < -0.4 is 10.6 Å². The van der Waals surface area contributed by atoms with E-state index in [0.717, 1.165) is 5.56 Å². The summed E-state index contributed by atoms with van der Waals surface area (Å²) in [5.41, 5.74) is 1.47. The second-order valence-corrected chi connectivity index (χ2v) is 5.17. The summed E-state index contributed by atoms with van der Waals surface area (Å²) >= 11 is 12.1. The van der Waals surface area contributed by atoms with Crippen molar-refractivity contribution in [1.29, 1.82) is 0 Å². The van der Waals surface area contributed by atoms with Crippen LogP contribution in [0.3, 0.4) is 0 Å². The first-order chi connectivity index (χ1) is 10.0. The molecule has 21 heavy (non-hydrogen) atoms. The van der Waals surface area contributed by atoms with E-state index in [0.29, 0.717) is 28.1 Å². The highest BCUT2D eigenvalue weighted by molar-refractivity contribution is 6.36. The third-order valence-electron chi connectivity index (χ3n) is 2.72. The number of carbonyl (C=O) groups excluding carboxylic acids is 1. The van der Waals surface area contributed by atoms with Crippen molar-refractivity contribution in [3.8, 4) is 0 Å². The first-order valence-electron chi connectivity index (χ1n) is 6.34. The SMILES string of the molecule is CCNc1cncc(C(=O)Nc2cc(Cl)c(C)cc2Cl)n1. The summed E-state index contributed by atoms with van der Waals surface area (Å²) in [4.78, 5) is 20.3. The number of amides is 1. The zero-order chi connectivity index (χ0) is 15.4. The molecule has 0 saturated carbocycles. The van der Waals surface area contributed by atoms with Crippen molar-refractivity contribution >= 4 is 40.6 Å². The molecule has 0 bridgehead atoms. The van der Waals surface area contributed by atoms with Crippen LogP contribution in [0.25, 0.3) is 0 Å². The van der Waals surface area contributed by atoms with Crippen LogP contribution in [0, 0.1) is 6.92 Å². The average molecular weight is 325 g/mol. The molecule has 1 aromatic heterocycles. The predicted octanol–water partition coefficient (Wildman–Crippen LogP) is 3.78.